The molecule has 0 aliphatic rings. The Hall–Kier alpha value is -2.89. The van der Waals surface area contributed by atoms with Gasteiger partial charge in [0.2, 0.25) is 5.91 Å². The molecule has 108 valence electrons. The van der Waals surface area contributed by atoms with Gasteiger partial charge in [0.25, 0.3) is 0 Å². The van der Waals surface area contributed by atoms with Crippen LogP contribution in [0.15, 0.2) is 52.2 Å². The van der Waals surface area contributed by atoms with E-state index in [-0.39, 0.29) is 11.7 Å². The van der Waals surface area contributed by atoms with Crippen LogP contribution in [-0.2, 0) is 4.79 Å². The van der Waals surface area contributed by atoms with Gasteiger partial charge in [-0.25, -0.2) is 5.43 Å². The molecule has 2 amide bonds. The van der Waals surface area contributed by atoms with Gasteiger partial charge in [0, 0.05) is 12.6 Å². The number of furan rings is 1. The van der Waals surface area contributed by atoms with Crippen LogP contribution in [-0.4, -0.2) is 17.5 Å². The second-order valence-electron chi connectivity index (χ2n) is 4.37. The average Bonchev–Trinajstić information content (AvgIpc) is 2.99. The Morgan fingerprint density at radius 3 is 2.38 bits per heavy atom. The van der Waals surface area contributed by atoms with Crippen LogP contribution in [0.2, 0.25) is 0 Å². The summed E-state index contributed by atoms with van der Waals surface area (Å²) in [6.45, 7) is 3.22. The molecule has 0 spiro atoms. The molecule has 1 aromatic carbocycles. The highest BCUT2D eigenvalue weighted by Crippen LogP contribution is 2.10. The summed E-state index contributed by atoms with van der Waals surface area (Å²) in [5.74, 6) is -0.333. The molecular weight excluding hydrogens is 270 g/mol. The number of nitrogens with one attached hydrogen (secondary N) is 2. The second kappa shape index (κ2) is 6.51. The SMILES string of the molecule is CC(=O)Nc1ccc(/C(C)=N\NC(=O)c2ccco2)cc1. The standard InChI is InChI=1S/C15H15N3O3/c1-10(17-18-15(20)14-4-3-9-21-14)12-5-7-13(8-6-12)16-11(2)19/h3-9H,1-2H3,(H,16,19)(H,18,20)/b17-10-. The van der Waals surface area contributed by atoms with Gasteiger partial charge in [-0.2, -0.15) is 5.10 Å². The predicted molar refractivity (Wildman–Crippen MR) is 79.1 cm³/mol. The van der Waals surface area contributed by atoms with Gasteiger partial charge in [-0.3, -0.25) is 9.59 Å². The van der Waals surface area contributed by atoms with Crippen molar-refractivity contribution in [3.63, 3.8) is 0 Å². The van der Waals surface area contributed by atoms with Gasteiger partial charge < -0.3 is 9.73 Å². The van der Waals surface area contributed by atoms with Crippen LogP contribution in [0.1, 0.15) is 30.0 Å². The van der Waals surface area contributed by atoms with E-state index in [9.17, 15) is 9.59 Å². The highest BCUT2D eigenvalue weighted by Gasteiger charge is 2.07. The van der Waals surface area contributed by atoms with E-state index in [4.69, 9.17) is 4.42 Å². The van der Waals surface area contributed by atoms with Crippen molar-refractivity contribution in [3.05, 3.63) is 54.0 Å². The van der Waals surface area contributed by atoms with E-state index in [2.05, 4.69) is 15.8 Å². The molecule has 0 aliphatic carbocycles. The summed E-state index contributed by atoms with van der Waals surface area (Å²) in [4.78, 5) is 22.6. The van der Waals surface area contributed by atoms with E-state index < -0.39 is 5.91 Å². The first kappa shape index (κ1) is 14.5. The number of amides is 2. The summed E-state index contributed by atoms with van der Waals surface area (Å²) in [6.07, 6.45) is 1.42. The lowest BCUT2D eigenvalue weighted by Gasteiger charge is -2.04. The van der Waals surface area contributed by atoms with Crippen LogP contribution in [0.25, 0.3) is 0 Å². The first-order chi connectivity index (χ1) is 10.1. The first-order valence-electron chi connectivity index (χ1n) is 6.32. The van der Waals surface area contributed by atoms with E-state index in [1.54, 1.807) is 31.2 Å². The fourth-order valence-corrected chi connectivity index (χ4v) is 1.66. The largest absolute Gasteiger partial charge is 0.459 e. The van der Waals surface area contributed by atoms with E-state index >= 15 is 0 Å². The van der Waals surface area contributed by atoms with Crippen molar-refractivity contribution in [2.24, 2.45) is 5.10 Å². The van der Waals surface area contributed by atoms with Crippen LogP contribution < -0.4 is 10.7 Å². The maximum atomic E-state index is 11.7. The van der Waals surface area contributed by atoms with Crippen molar-refractivity contribution in [1.29, 1.82) is 0 Å². The summed E-state index contributed by atoms with van der Waals surface area (Å²) in [5.41, 5.74) is 4.60. The highest BCUT2D eigenvalue weighted by molar-refractivity contribution is 6.00. The fourth-order valence-electron chi connectivity index (χ4n) is 1.66. The molecule has 2 N–H and O–H groups in total. The van der Waals surface area contributed by atoms with Gasteiger partial charge in [0.05, 0.1) is 12.0 Å². The van der Waals surface area contributed by atoms with Crippen LogP contribution >= 0.6 is 0 Å². The smallest absolute Gasteiger partial charge is 0.307 e. The summed E-state index contributed by atoms with van der Waals surface area (Å²) in [6, 6.07) is 10.3. The van der Waals surface area contributed by atoms with Gasteiger partial charge >= 0.3 is 5.91 Å². The normalized spacial score (nSPS) is 11.0. The van der Waals surface area contributed by atoms with Gasteiger partial charge in [0.1, 0.15) is 0 Å². The average molecular weight is 285 g/mol. The number of carbonyl (C=O) groups is 2. The monoisotopic (exact) mass is 285 g/mol. The Morgan fingerprint density at radius 2 is 1.81 bits per heavy atom. The maximum Gasteiger partial charge on any atom is 0.307 e. The molecule has 2 rings (SSSR count). The number of rotatable bonds is 4. The Balaban J connectivity index is 2.02. The van der Waals surface area contributed by atoms with Crippen molar-refractivity contribution in [2.45, 2.75) is 13.8 Å². The number of hydrogen-bond acceptors (Lipinski definition) is 4. The van der Waals surface area contributed by atoms with Gasteiger partial charge in [-0.1, -0.05) is 12.1 Å². The first-order valence-corrected chi connectivity index (χ1v) is 6.32. The number of anilines is 1. The van der Waals surface area contributed by atoms with Crippen LogP contribution in [0.5, 0.6) is 0 Å². The van der Waals surface area contributed by atoms with Gasteiger partial charge in [0.15, 0.2) is 5.76 Å². The molecule has 1 heterocycles. The maximum absolute atomic E-state index is 11.7. The molecule has 0 atom stereocenters. The van der Waals surface area contributed by atoms with Crippen LogP contribution in [0, 0.1) is 0 Å². The van der Waals surface area contributed by atoms with E-state index in [1.807, 2.05) is 12.1 Å². The zero-order chi connectivity index (χ0) is 15.2. The Labute approximate surface area is 121 Å². The Kier molecular flexibility index (Phi) is 4.50. The number of nitrogens with zero attached hydrogens (tertiary/aromatic N) is 1. The summed E-state index contributed by atoms with van der Waals surface area (Å²) >= 11 is 0. The molecule has 21 heavy (non-hydrogen) atoms. The molecule has 0 aliphatic heterocycles. The van der Waals surface area contributed by atoms with Crippen molar-refractivity contribution < 1.29 is 14.0 Å². The van der Waals surface area contributed by atoms with Crippen molar-refractivity contribution in [3.8, 4) is 0 Å². The van der Waals surface area contributed by atoms with Gasteiger partial charge in [-0.15, -0.1) is 0 Å². The molecule has 1 aromatic heterocycles. The summed E-state index contributed by atoms with van der Waals surface area (Å²) in [5, 5.41) is 6.69. The molecule has 0 fully saturated rings. The lowest BCUT2D eigenvalue weighted by atomic mass is 10.1. The minimum atomic E-state index is -0.408. The Morgan fingerprint density at radius 1 is 1.10 bits per heavy atom. The number of hydrazone groups is 1. The number of carbonyl (C=O) groups excluding carboxylic acids is 2. The number of benzene rings is 1. The third-order valence-electron chi connectivity index (χ3n) is 2.69. The Bertz CT molecular complexity index is 658. The number of hydrogen-bond donors (Lipinski definition) is 2. The molecule has 0 saturated carbocycles. The molecule has 0 unspecified atom stereocenters. The lowest BCUT2D eigenvalue weighted by Crippen LogP contribution is -2.18. The molecule has 2 aromatic rings. The van der Waals surface area contributed by atoms with E-state index in [0.717, 1.165) is 5.56 Å². The molecule has 0 bridgehead atoms. The molecule has 0 radical (unpaired) electrons. The topological polar surface area (TPSA) is 83.7 Å². The minimum absolute atomic E-state index is 0.126. The van der Waals surface area contributed by atoms with Crippen molar-refractivity contribution in [2.75, 3.05) is 5.32 Å². The predicted octanol–water partition coefficient (Wildman–Crippen LogP) is 2.39. The minimum Gasteiger partial charge on any atom is -0.459 e. The van der Waals surface area contributed by atoms with E-state index in [0.29, 0.717) is 11.4 Å². The van der Waals surface area contributed by atoms with Crippen LogP contribution in [0.4, 0.5) is 5.69 Å². The van der Waals surface area contributed by atoms with E-state index in [1.165, 1.54) is 13.2 Å². The fraction of sp³-hybridized carbons (Fsp3) is 0.133. The summed E-state index contributed by atoms with van der Waals surface area (Å²) in [7, 11) is 0. The molecule has 6 nitrogen and oxygen atoms in total. The quantitative estimate of drug-likeness (QED) is 0.668. The molecular formula is C15H15N3O3. The third-order valence-corrected chi connectivity index (χ3v) is 2.69. The zero-order valence-corrected chi connectivity index (χ0v) is 11.7. The zero-order valence-electron chi connectivity index (χ0n) is 11.7. The lowest BCUT2D eigenvalue weighted by molar-refractivity contribution is -0.114. The molecule has 6 heteroatoms. The van der Waals surface area contributed by atoms with Crippen LogP contribution in [0.3, 0.4) is 0 Å². The third kappa shape index (κ3) is 4.04. The highest BCUT2D eigenvalue weighted by atomic mass is 16.3. The van der Waals surface area contributed by atoms with Crippen molar-refractivity contribution in [1.82, 2.24) is 5.43 Å². The molecule has 0 saturated heterocycles. The second-order valence-corrected chi connectivity index (χ2v) is 4.37. The van der Waals surface area contributed by atoms with Gasteiger partial charge in [-0.05, 0) is 36.8 Å². The van der Waals surface area contributed by atoms with Crippen molar-refractivity contribution >= 4 is 23.2 Å². The summed E-state index contributed by atoms with van der Waals surface area (Å²) < 4.78 is 4.96.